The zero-order valence-corrected chi connectivity index (χ0v) is 8.24. The summed E-state index contributed by atoms with van der Waals surface area (Å²) in [5, 5.41) is 1.15. The smallest absolute Gasteiger partial charge is 0.00339 e. The summed E-state index contributed by atoms with van der Waals surface area (Å²) in [6, 6.07) is 0. The van der Waals surface area contributed by atoms with Crippen LogP contribution in [-0.2, 0) is 0 Å². The van der Waals surface area contributed by atoms with E-state index in [-0.39, 0.29) is 0 Å². The zero-order chi connectivity index (χ0) is 7.28. The van der Waals surface area contributed by atoms with Crippen molar-refractivity contribution in [1.29, 1.82) is 0 Å². The molecular weight excluding hydrogens is 176 g/mol. The maximum atomic E-state index is 3.45. The van der Waals surface area contributed by atoms with Crippen molar-refractivity contribution in [3.63, 3.8) is 0 Å². The molecule has 0 amide bonds. The van der Waals surface area contributed by atoms with E-state index in [1.54, 1.807) is 0 Å². The predicted octanol–water partition coefficient (Wildman–Crippen LogP) is 3.45. The van der Waals surface area contributed by atoms with Crippen LogP contribution in [0.3, 0.4) is 0 Å². The predicted molar refractivity (Wildman–Crippen MR) is 47.0 cm³/mol. The van der Waals surface area contributed by atoms with Gasteiger partial charge in [-0.05, 0) is 18.3 Å². The third-order valence-electron chi connectivity index (χ3n) is 2.18. The summed E-state index contributed by atoms with van der Waals surface area (Å²) in [5.41, 5.74) is 0. The molecule has 0 saturated carbocycles. The van der Waals surface area contributed by atoms with Crippen LogP contribution in [0.2, 0.25) is 0 Å². The molecule has 0 heterocycles. The molecule has 9 heavy (non-hydrogen) atoms. The van der Waals surface area contributed by atoms with Crippen LogP contribution in [-0.4, -0.2) is 5.33 Å². The summed E-state index contributed by atoms with van der Waals surface area (Å²) in [7, 11) is 0. The molecule has 0 bridgehead atoms. The Labute approximate surface area is 67.2 Å². The van der Waals surface area contributed by atoms with Gasteiger partial charge in [0.05, 0.1) is 0 Å². The largest absolute Gasteiger partial charge is 0.0928 e. The second-order valence-corrected chi connectivity index (χ2v) is 3.63. The first-order valence-electron chi connectivity index (χ1n) is 3.78. The van der Waals surface area contributed by atoms with Crippen molar-refractivity contribution in [2.24, 2.45) is 11.8 Å². The molecule has 0 aliphatic heterocycles. The van der Waals surface area contributed by atoms with E-state index in [1.807, 2.05) is 0 Å². The van der Waals surface area contributed by atoms with E-state index in [2.05, 4.69) is 36.7 Å². The molecule has 0 aromatic carbocycles. The maximum absolute atomic E-state index is 3.45. The highest BCUT2D eigenvalue weighted by molar-refractivity contribution is 9.09. The van der Waals surface area contributed by atoms with E-state index in [0.29, 0.717) is 0 Å². The molecule has 0 aliphatic carbocycles. The molecular formula is C8H17Br. The Hall–Kier alpha value is 0.480. The average Bonchev–Trinajstić information content (AvgIpc) is 1.87. The van der Waals surface area contributed by atoms with Gasteiger partial charge in [-0.3, -0.25) is 0 Å². The van der Waals surface area contributed by atoms with Gasteiger partial charge in [-0.1, -0.05) is 43.1 Å². The highest BCUT2D eigenvalue weighted by atomic mass is 79.9. The number of alkyl halides is 1. The van der Waals surface area contributed by atoms with Crippen molar-refractivity contribution >= 4 is 15.9 Å². The topological polar surface area (TPSA) is 0 Å². The van der Waals surface area contributed by atoms with E-state index < -0.39 is 0 Å². The van der Waals surface area contributed by atoms with Crippen molar-refractivity contribution in [3.8, 4) is 0 Å². The lowest BCUT2D eigenvalue weighted by Gasteiger charge is -2.16. The first kappa shape index (κ1) is 9.48. The van der Waals surface area contributed by atoms with Gasteiger partial charge < -0.3 is 0 Å². The molecule has 0 aromatic rings. The Kier molecular flexibility index (Phi) is 5.56. The summed E-state index contributed by atoms with van der Waals surface area (Å²) in [6.07, 6.45) is 2.63. The Bertz CT molecular complexity index is 61.6. The molecule has 0 nitrogen and oxygen atoms in total. The van der Waals surface area contributed by atoms with Gasteiger partial charge in [0.25, 0.3) is 0 Å². The molecule has 0 aliphatic rings. The third-order valence-corrected chi connectivity index (χ3v) is 2.64. The monoisotopic (exact) mass is 192 g/mol. The van der Waals surface area contributed by atoms with Gasteiger partial charge in [0.2, 0.25) is 0 Å². The summed E-state index contributed by atoms with van der Waals surface area (Å²) >= 11 is 3.45. The minimum Gasteiger partial charge on any atom is -0.0928 e. The van der Waals surface area contributed by atoms with Gasteiger partial charge in [0.15, 0.2) is 0 Å². The molecule has 0 aromatic heterocycles. The minimum atomic E-state index is 0.884. The molecule has 2 atom stereocenters. The molecule has 0 saturated heterocycles. The zero-order valence-electron chi connectivity index (χ0n) is 6.65. The second-order valence-electron chi connectivity index (χ2n) is 2.84. The fourth-order valence-electron chi connectivity index (χ4n) is 0.859. The van der Waals surface area contributed by atoms with Gasteiger partial charge in [0, 0.05) is 5.33 Å². The van der Waals surface area contributed by atoms with E-state index in [1.165, 1.54) is 12.8 Å². The highest BCUT2D eigenvalue weighted by Crippen LogP contribution is 2.18. The lowest BCUT2D eigenvalue weighted by Crippen LogP contribution is -2.06. The van der Waals surface area contributed by atoms with E-state index in [9.17, 15) is 0 Å². The lowest BCUT2D eigenvalue weighted by atomic mass is 9.92. The Balaban J connectivity index is 3.32. The van der Waals surface area contributed by atoms with Crippen LogP contribution in [0.1, 0.15) is 33.6 Å². The highest BCUT2D eigenvalue weighted by Gasteiger charge is 2.07. The van der Waals surface area contributed by atoms with E-state index in [0.717, 1.165) is 17.2 Å². The number of halogens is 1. The Morgan fingerprint density at radius 3 is 2.11 bits per heavy atom. The van der Waals surface area contributed by atoms with E-state index in [4.69, 9.17) is 0 Å². The molecule has 56 valence electrons. The van der Waals surface area contributed by atoms with E-state index >= 15 is 0 Å². The van der Waals surface area contributed by atoms with Crippen LogP contribution in [0.4, 0.5) is 0 Å². The maximum Gasteiger partial charge on any atom is 0.00339 e. The van der Waals surface area contributed by atoms with Crippen molar-refractivity contribution in [2.45, 2.75) is 33.6 Å². The second kappa shape index (κ2) is 5.28. The summed E-state index contributed by atoms with van der Waals surface area (Å²) < 4.78 is 0. The molecule has 0 spiro atoms. The van der Waals surface area contributed by atoms with Crippen LogP contribution >= 0.6 is 15.9 Å². The molecule has 0 N–H and O–H groups in total. The third kappa shape index (κ3) is 3.96. The first-order chi connectivity index (χ1) is 4.22. The van der Waals surface area contributed by atoms with Crippen LogP contribution in [0.5, 0.6) is 0 Å². The van der Waals surface area contributed by atoms with Crippen LogP contribution in [0, 0.1) is 11.8 Å². The molecule has 1 unspecified atom stereocenters. The molecule has 0 fully saturated rings. The van der Waals surface area contributed by atoms with Gasteiger partial charge in [-0.25, -0.2) is 0 Å². The summed E-state index contributed by atoms with van der Waals surface area (Å²) in [5.74, 6) is 1.77. The quantitative estimate of drug-likeness (QED) is 0.600. The fourth-order valence-corrected chi connectivity index (χ4v) is 1.58. The van der Waals surface area contributed by atoms with Gasteiger partial charge in [-0.15, -0.1) is 0 Å². The van der Waals surface area contributed by atoms with Gasteiger partial charge >= 0.3 is 0 Å². The fraction of sp³-hybridized carbons (Fsp3) is 1.00. The van der Waals surface area contributed by atoms with Crippen LogP contribution < -0.4 is 0 Å². The standard InChI is InChI=1S/C8H17Br/c1-4-7(2)8(3)5-6-9/h7-8H,4-6H2,1-3H3/t7-,8?/m1/s1. The van der Waals surface area contributed by atoms with Crippen molar-refractivity contribution in [1.82, 2.24) is 0 Å². The lowest BCUT2D eigenvalue weighted by molar-refractivity contribution is 0.370. The molecule has 0 radical (unpaired) electrons. The SMILES string of the molecule is CC[C@@H](C)C(C)CCBr. The Morgan fingerprint density at radius 2 is 1.78 bits per heavy atom. The van der Waals surface area contributed by atoms with Gasteiger partial charge in [-0.2, -0.15) is 0 Å². The first-order valence-corrected chi connectivity index (χ1v) is 4.90. The summed E-state index contributed by atoms with van der Waals surface area (Å²) in [6.45, 7) is 6.91. The average molecular weight is 193 g/mol. The summed E-state index contributed by atoms with van der Waals surface area (Å²) in [4.78, 5) is 0. The van der Waals surface area contributed by atoms with Gasteiger partial charge in [0.1, 0.15) is 0 Å². The van der Waals surface area contributed by atoms with Crippen molar-refractivity contribution < 1.29 is 0 Å². The number of rotatable bonds is 4. The van der Waals surface area contributed by atoms with Crippen molar-refractivity contribution in [3.05, 3.63) is 0 Å². The van der Waals surface area contributed by atoms with Crippen molar-refractivity contribution in [2.75, 3.05) is 5.33 Å². The molecule has 0 rings (SSSR count). The number of hydrogen-bond donors (Lipinski definition) is 0. The van der Waals surface area contributed by atoms with Crippen LogP contribution in [0.25, 0.3) is 0 Å². The minimum absolute atomic E-state index is 0.884. The normalized spacial score (nSPS) is 17.3. The van der Waals surface area contributed by atoms with Crippen LogP contribution in [0.15, 0.2) is 0 Å². The molecule has 1 heteroatoms. The number of hydrogen-bond acceptors (Lipinski definition) is 0. The Morgan fingerprint density at radius 1 is 1.22 bits per heavy atom.